The van der Waals surface area contributed by atoms with Crippen LogP contribution in [0.1, 0.15) is 96.8 Å². The van der Waals surface area contributed by atoms with Crippen LogP contribution in [0.15, 0.2) is 0 Å². The fraction of sp³-hybridized carbons (Fsp3) is 0.950. The number of alkyl halides is 1. The van der Waals surface area contributed by atoms with Crippen molar-refractivity contribution in [2.75, 3.05) is 14.2 Å². The number of carbonyl (C=O) groups is 1. The van der Waals surface area contributed by atoms with Gasteiger partial charge in [0.15, 0.2) is 0 Å². The lowest BCUT2D eigenvalue weighted by Gasteiger charge is -2.21. The molecule has 4 heteroatoms. The maximum Gasteiger partial charge on any atom is 0.305 e. The highest BCUT2D eigenvalue weighted by atomic mass is 35.5. The second-order valence-corrected chi connectivity index (χ2v) is 7.29. The summed E-state index contributed by atoms with van der Waals surface area (Å²) in [6.45, 7) is 2.25. The summed E-state index contributed by atoms with van der Waals surface area (Å²) in [6, 6.07) is 0. The lowest BCUT2D eigenvalue weighted by atomic mass is 10.0. The number of hydrogen-bond acceptors (Lipinski definition) is 3. The van der Waals surface area contributed by atoms with Gasteiger partial charge in [0, 0.05) is 13.5 Å². The van der Waals surface area contributed by atoms with Gasteiger partial charge < -0.3 is 9.47 Å². The summed E-state index contributed by atoms with van der Waals surface area (Å²) in [6.07, 6.45) is 16.2. The van der Waals surface area contributed by atoms with E-state index in [0.717, 1.165) is 38.5 Å². The van der Waals surface area contributed by atoms with Crippen LogP contribution in [0, 0.1) is 0 Å². The van der Waals surface area contributed by atoms with Crippen molar-refractivity contribution in [3.63, 3.8) is 0 Å². The molecule has 0 aromatic heterocycles. The van der Waals surface area contributed by atoms with Crippen LogP contribution in [-0.4, -0.2) is 31.7 Å². The minimum absolute atomic E-state index is 0.103. The normalized spacial score (nSPS) is 13.7. The molecule has 0 rings (SSSR count). The molecule has 2 unspecified atom stereocenters. The van der Waals surface area contributed by atoms with Gasteiger partial charge in [-0.3, -0.25) is 4.79 Å². The molecule has 144 valence electrons. The lowest BCUT2D eigenvalue weighted by molar-refractivity contribution is -0.140. The Morgan fingerprint density at radius 2 is 1.38 bits per heavy atom. The number of ether oxygens (including phenoxy) is 2. The number of rotatable bonds is 17. The van der Waals surface area contributed by atoms with Crippen molar-refractivity contribution in [1.29, 1.82) is 0 Å². The van der Waals surface area contributed by atoms with Gasteiger partial charge in [-0.25, -0.2) is 0 Å². The number of methoxy groups -OCH3 is 2. The van der Waals surface area contributed by atoms with Gasteiger partial charge in [-0.05, 0) is 19.3 Å². The van der Waals surface area contributed by atoms with Crippen molar-refractivity contribution < 1.29 is 14.3 Å². The first-order valence-corrected chi connectivity index (χ1v) is 10.3. The summed E-state index contributed by atoms with van der Waals surface area (Å²) in [4.78, 5) is 11.0. The Morgan fingerprint density at radius 1 is 0.833 bits per heavy atom. The van der Waals surface area contributed by atoms with E-state index in [0.29, 0.717) is 6.42 Å². The number of unbranched alkanes of at least 4 members (excludes halogenated alkanes) is 9. The molecule has 0 aliphatic heterocycles. The predicted octanol–water partition coefficient (Wildman–Crippen LogP) is 6.26. The molecule has 0 radical (unpaired) electrons. The first kappa shape index (κ1) is 23.7. The monoisotopic (exact) mass is 362 g/mol. The second-order valence-electron chi connectivity index (χ2n) is 6.73. The maximum absolute atomic E-state index is 11.0. The van der Waals surface area contributed by atoms with E-state index in [9.17, 15) is 4.79 Å². The molecular weight excluding hydrogens is 324 g/mol. The van der Waals surface area contributed by atoms with Crippen LogP contribution in [0.5, 0.6) is 0 Å². The highest BCUT2D eigenvalue weighted by Gasteiger charge is 2.17. The summed E-state index contributed by atoms with van der Waals surface area (Å²) in [7, 11) is 3.23. The molecule has 0 aromatic rings. The molecule has 0 aromatic carbocycles. The molecule has 0 aliphatic rings. The topological polar surface area (TPSA) is 35.5 Å². The standard InChI is InChI=1S/C20H39ClO3/c1-4-5-6-7-10-13-16-19(23-2)18(21)15-12-9-8-11-14-17-20(22)24-3/h18-19H,4-17H2,1-3H3. The van der Waals surface area contributed by atoms with Crippen LogP contribution in [0.4, 0.5) is 0 Å². The van der Waals surface area contributed by atoms with Gasteiger partial charge in [0.25, 0.3) is 0 Å². The van der Waals surface area contributed by atoms with E-state index in [2.05, 4.69) is 11.7 Å². The SMILES string of the molecule is CCCCCCCCC(OC)C(Cl)CCCCCCCC(=O)OC. The molecule has 0 N–H and O–H groups in total. The Hall–Kier alpha value is -0.280. The van der Waals surface area contributed by atoms with Crippen LogP contribution in [-0.2, 0) is 14.3 Å². The van der Waals surface area contributed by atoms with Crippen molar-refractivity contribution in [3.05, 3.63) is 0 Å². The molecule has 0 aliphatic carbocycles. The highest BCUT2D eigenvalue weighted by Crippen LogP contribution is 2.21. The molecule has 0 spiro atoms. The van der Waals surface area contributed by atoms with Crippen LogP contribution in [0.25, 0.3) is 0 Å². The van der Waals surface area contributed by atoms with Crippen LogP contribution < -0.4 is 0 Å². The van der Waals surface area contributed by atoms with Crippen molar-refractivity contribution in [3.8, 4) is 0 Å². The van der Waals surface area contributed by atoms with Gasteiger partial charge in [-0.2, -0.15) is 0 Å². The Morgan fingerprint density at radius 3 is 1.96 bits per heavy atom. The van der Waals surface area contributed by atoms with Gasteiger partial charge >= 0.3 is 5.97 Å². The largest absolute Gasteiger partial charge is 0.469 e. The first-order valence-electron chi connectivity index (χ1n) is 9.89. The van der Waals surface area contributed by atoms with Gasteiger partial charge in [0.1, 0.15) is 0 Å². The molecule has 0 saturated heterocycles. The van der Waals surface area contributed by atoms with Crippen LogP contribution >= 0.6 is 11.6 Å². The third-order valence-electron chi connectivity index (χ3n) is 4.64. The van der Waals surface area contributed by atoms with Crippen molar-refractivity contribution in [2.45, 2.75) is 108 Å². The summed E-state index contributed by atoms with van der Waals surface area (Å²) in [5.74, 6) is -0.103. The number of carbonyl (C=O) groups excluding carboxylic acids is 1. The van der Waals surface area contributed by atoms with Gasteiger partial charge in [-0.15, -0.1) is 11.6 Å². The van der Waals surface area contributed by atoms with Crippen molar-refractivity contribution in [2.24, 2.45) is 0 Å². The molecular formula is C20H39ClO3. The molecule has 3 nitrogen and oxygen atoms in total. The van der Waals surface area contributed by atoms with Crippen molar-refractivity contribution in [1.82, 2.24) is 0 Å². The molecule has 24 heavy (non-hydrogen) atoms. The Kier molecular flexibility index (Phi) is 17.3. The van der Waals surface area contributed by atoms with Gasteiger partial charge in [0.2, 0.25) is 0 Å². The predicted molar refractivity (Wildman–Crippen MR) is 103 cm³/mol. The van der Waals surface area contributed by atoms with Gasteiger partial charge in [-0.1, -0.05) is 71.1 Å². The lowest BCUT2D eigenvalue weighted by Crippen LogP contribution is -2.23. The molecule has 0 saturated carbocycles. The van der Waals surface area contributed by atoms with E-state index in [4.69, 9.17) is 16.3 Å². The fourth-order valence-corrected chi connectivity index (χ4v) is 3.38. The zero-order chi connectivity index (χ0) is 18.0. The third kappa shape index (κ3) is 14.1. The van der Waals surface area contributed by atoms with Crippen molar-refractivity contribution >= 4 is 17.6 Å². The van der Waals surface area contributed by atoms with E-state index >= 15 is 0 Å². The minimum Gasteiger partial charge on any atom is -0.469 e. The summed E-state index contributed by atoms with van der Waals surface area (Å²) < 4.78 is 10.2. The second kappa shape index (κ2) is 17.5. The number of esters is 1. The third-order valence-corrected chi connectivity index (χ3v) is 5.14. The quantitative estimate of drug-likeness (QED) is 0.174. The maximum atomic E-state index is 11.0. The smallest absolute Gasteiger partial charge is 0.305 e. The first-order chi connectivity index (χ1) is 11.7. The molecule has 2 atom stereocenters. The summed E-state index contributed by atoms with van der Waals surface area (Å²) >= 11 is 6.52. The average molecular weight is 363 g/mol. The van der Waals surface area contributed by atoms with E-state index < -0.39 is 0 Å². The van der Waals surface area contributed by atoms with E-state index in [-0.39, 0.29) is 17.5 Å². The average Bonchev–Trinajstić information content (AvgIpc) is 2.59. The van der Waals surface area contributed by atoms with E-state index in [1.54, 1.807) is 7.11 Å². The molecule has 0 bridgehead atoms. The Labute approximate surface area is 154 Å². The number of hydrogen-bond donors (Lipinski definition) is 0. The Balaban J connectivity index is 3.57. The zero-order valence-electron chi connectivity index (χ0n) is 16.2. The minimum atomic E-state index is -0.103. The zero-order valence-corrected chi connectivity index (χ0v) is 16.9. The van der Waals surface area contributed by atoms with E-state index in [1.165, 1.54) is 52.1 Å². The van der Waals surface area contributed by atoms with Crippen LogP contribution in [0.2, 0.25) is 0 Å². The fourth-order valence-electron chi connectivity index (χ4n) is 3.00. The van der Waals surface area contributed by atoms with Crippen LogP contribution in [0.3, 0.4) is 0 Å². The number of halogens is 1. The Bertz CT molecular complexity index is 284. The summed E-state index contributed by atoms with van der Waals surface area (Å²) in [5.41, 5.74) is 0. The molecule has 0 amide bonds. The molecule has 0 heterocycles. The van der Waals surface area contributed by atoms with E-state index in [1.807, 2.05) is 0 Å². The highest BCUT2D eigenvalue weighted by molar-refractivity contribution is 6.21. The summed E-state index contributed by atoms with van der Waals surface area (Å²) in [5, 5.41) is 0.126. The van der Waals surface area contributed by atoms with Gasteiger partial charge in [0.05, 0.1) is 18.6 Å². The molecule has 0 fully saturated rings.